The maximum absolute atomic E-state index is 12.1. The number of carbonyl (C=O) groups excluding carboxylic acids is 1. The Labute approximate surface area is 127 Å². The number of nitrogens with zero attached hydrogens (tertiary/aromatic N) is 1. The quantitative estimate of drug-likeness (QED) is 0.865. The van der Waals surface area contributed by atoms with Crippen LogP contribution >= 0.6 is 31.9 Å². The number of aromatic nitrogens is 1. The summed E-state index contributed by atoms with van der Waals surface area (Å²) in [6.45, 7) is 3.65. The first-order valence-corrected chi connectivity index (χ1v) is 7.23. The Kier molecular flexibility index (Phi) is 4.42. The lowest BCUT2D eigenvalue weighted by molar-refractivity contribution is 0.0933. The van der Waals surface area contributed by atoms with Gasteiger partial charge in [-0.3, -0.25) is 4.79 Å². The molecule has 1 amide bonds. The molecule has 0 bridgehead atoms. The lowest BCUT2D eigenvalue weighted by Gasteiger charge is -2.11. The van der Waals surface area contributed by atoms with Crippen LogP contribution in [0.1, 0.15) is 35.0 Å². The van der Waals surface area contributed by atoms with E-state index >= 15 is 0 Å². The van der Waals surface area contributed by atoms with Crippen molar-refractivity contribution in [3.05, 3.63) is 50.6 Å². The molecular weight excluding hydrogens is 376 g/mol. The van der Waals surface area contributed by atoms with Crippen molar-refractivity contribution in [1.82, 2.24) is 10.3 Å². The molecule has 6 heteroatoms. The van der Waals surface area contributed by atoms with Crippen molar-refractivity contribution in [2.24, 2.45) is 0 Å². The summed E-state index contributed by atoms with van der Waals surface area (Å²) in [5, 5.41) is 2.84. The van der Waals surface area contributed by atoms with E-state index in [9.17, 15) is 4.79 Å². The molecule has 1 unspecified atom stereocenters. The van der Waals surface area contributed by atoms with Gasteiger partial charge in [-0.25, -0.2) is 4.98 Å². The zero-order valence-corrected chi connectivity index (χ0v) is 13.6. The van der Waals surface area contributed by atoms with Crippen LogP contribution in [0, 0.1) is 6.92 Å². The number of nitrogens with one attached hydrogen (secondary N) is 1. The SMILES string of the molecule is Cc1cnc(C(C)NC(=O)c2cc(Br)cc(Br)c2)o1. The number of hydrogen-bond acceptors (Lipinski definition) is 3. The van der Waals surface area contributed by atoms with Gasteiger partial charge in [0.15, 0.2) is 0 Å². The van der Waals surface area contributed by atoms with Gasteiger partial charge in [0.2, 0.25) is 5.89 Å². The molecule has 2 rings (SSSR count). The maximum atomic E-state index is 12.1. The molecule has 0 saturated heterocycles. The maximum Gasteiger partial charge on any atom is 0.251 e. The van der Waals surface area contributed by atoms with Gasteiger partial charge < -0.3 is 9.73 Å². The number of benzene rings is 1. The molecule has 4 nitrogen and oxygen atoms in total. The Morgan fingerprint density at radius 2 is 1.95 bits per heavy atom. The summed E-state index contributed by atoms with van der Waals surface area (Å²) in [7, 11) is 0. The van der Waals surface area contributed by atoms with Crippen LogP contribution in [0.2, 0.25) is 0 Å². The fraction of sp³-hybridized carbons (Fsp3) is 0.231. The normalized spacial score (nSPS) is 12.2. The van der Waals surface area contributed by atoms with Gasteiger partial charge in [-0.1, -0.05) is 31.9 Å². The predicted octanol–water partition coefficient (Wildman–Crippen LogP) is 4.00. The molecule has 1 N–H and O–H groups in total. The van der Waals surface area contributed by atoms with E-state index in [-0.39, 0.29) is 11.9 Å². The molecule has 0 aliphatic carbocycles. The smallest absolute Gasteiger partial charge is 0.251 e. The first-order chi connectivity index (χ1) is 8.95. The van der Waals surface area contributed by atoms with E-state index in [0.717, 1.165) is 14.7 Å². The van der Waals surface area contributed by atoms with Crippen molar-refractivity contribution >= 4 is 37.8 Å². The van der Waals surface area contributed by atoms with Crippen molar-refractivity contribution in [3.63, 3.8) is 0 Å². The van der Waals surface area contributed by atoms with Crippen LogP contribution < -0.4 is 5.32 Å². The van der Waals surface area contributed by atoms with Gasteiger partial charge in [0.25, 0.3) is 5.91 Å². The topological polar surface area (TPSA) is 55.1 Å². The van der Waals surface area contributed by atoms with E-state index < -0.39 is 0 Å². The van der Waals surface area contributed by atoms with Crippen molar-refractivity contribution in [2.75, 3.05) is 0 Å². The van der Waals surface area contributed by atoms with Gasteiger partial charge >= 0.3 is 0 Å². The minimum atomic E-state index is -0.279. The lowest BCUT2D eigenvalue weighted by atomic mass is 10.2. The number of hydrogen-bond donors (Lipinski definition) is 1. The summed E-state index contributed by atoms with van der Waals surface area (Å²) in [5.74, 6) is 1.05. The van der Waals surface area contributed by atoms with Gasteiger partial charge in [0.1, 0.15) is 11.8 Å². The number of aryl methyl sites for hydroxylation is 1. The summed E-state index contributed by atoms with van der Waals surface area (Å²) in [4.78, 5) is 16.2. The number of oxazole rings is 1. The molecule has 0 spiro atoms. The molecule has 0 saturated carbocycles. The highest BCUT2D eigenvalue weighted by Gasteiger charge is 2.16. The second-order valence-corrected chi connectivity index (χ2v) is 5.99. The average molecular weight is 388 g/mol. The first-order valence-electron chi connectivity index (χ1n) is 5.65. The molecular formula is C13H12Br2N2O2. The summed E-state index contributed by atoms with van der Waals surface area (Å²) in [5.41, 5.74) is 0.566. The Morgan fingerprint density at radius 1 is 1.32 bits per heavy atom. The second kappa shape index (κ2) is 5.88. The van der Waals surface area contributed by atoms with Crippen LogP contribution in [0.3, 0.4) is 0 Å². The van der Waals surface area contributed by atoms with E-state index in [1.165, 1.54) is 0 Å². The lowest BCUT2D eigenvalue weighted by Crippen LogP contribution is -2.26. The van der Waals surface area contributed by atoms with E-state index in [2.05, 4.69) is 42.2 Å². The highest BCUT2D eigenvalue weighted by atomic mass is 79.9. The van der Waals surface area contributed by atoms with Gasteiger partial charge in [-0.2, -0.15) is 0 Å². The number of carbonyl (C=O) groups is 1. The van der Waals surface area contributed by atoms with Crippen LogP contribution in [-0.4, -0.2) is 10.9 Å². The highest BCUT2D eigenvalue weighted by molar-refractivity contribution is 9.11. The Bertz CT molecular complexity index is 590. The van der Waals surface area contributed by atoms with E-state index in [4.69, 9.17) is 4.42 Å². The molecule has 1 atom stereocenters. The minimum Gasteiger partial charge on any atom is -0.444 e. The summed E-state index contributed by atoms with van der Waals surface area (Å²) in [6.07, 6.45) is 1.63. The summed E-state index contributed by atoms with van der Waals surface area (Å²) < 4.78 is 7.06. The third-order valence-electron chi connectivity index (χ3n) is 2.48. The van der Waals surface area contributed by atoms with E-state index in [1.54, 1.807) is 18.3 Å². The summed E-state index contributed by atoms with van der Waals surface area (Å²) in [6, 6.07) is 5.11. The molecule has 100 valence electrons. The molecule has 2 aromatic rings. The average Bonchev–Trinajstić information content (AvgIpc) is 2.74. The third-order valence-corrected chi connectivity index (χ3v) is 3.40. The molecule has 0 aliphatic rings. The minimum absolute atomic E-state index is 0.176. The number of halogens is 2. The van der Waals surface area contributed by atoms with Crippen LogP contribution in [0.15, 0.2) is 37.8 Å². The fourth-order valence-corrected chi connectivity index (χ4v) is 2.89. The van der Waals surface area contributed by atoms with Crippen LogP contribution in [0.25, 0.3) is 0 Å². The number of rotatable bonds is 3. The molecule has 0 aliphatic heterocycles. The van der Waals surface area contributed by atoms with Gasteiger partial charge in [-0.15, -0.1) is 0 Å². The van der Waals surface area contributed by atoms with Crippen molar-refractivity contribution in [1.29, 1.82) is 0 Å². The van der Waals surface area contributed by atoms with E-state index in [1.807, 2.05) is 19.9 Å². The largest absolute Gasteiger partial charge is 0.444 e. The zero-order chi connectivity index (χ0) is 14.0. The molecule has 19 heavy (non-hydrogen) atoms. The van der Waals surface area contributed by atoms with Crippen molar-refractivity contribution in [3.8, 4) is 0 Å². The summed E-state index contributed by atoms with van der Waals surface area (Å²) >= 11 is 6.71. The van der Waals surface area contributed by atoms with Gasteiger partial charge in [-0.05, 0) is 32.0 Å². The Balaban J connectivity index is 2.12. The van der Waals surface area contributed by atoms with Crippen molar-refractivity contribution in [2.45, 2.75) is 19.9 Å². The predicted molar refractivity (Wildman–Crippen MR) is 79.0 cm³/mol. The standard InChI is InChI=1S/C13H12Br2N2O2/c1-7-6-16-13(19-7)8(2)17-12(18)9-3-10(14)5-11(15)4-9/h3-6,8H,1-2H3,(H,17,18). The first kappa shape index (κ1) is 14.3. The molecule has 1 aromatic heterocycles. The van der Waals surface area contributed by atoms with E-state index in [0.29, 0.717) is 11.5 Å². The Hall–Kier alpha value is -1.14. The van der Waals surface area contributed by atoms with Crippen LogP contribution in [0.5, 0.6) is 0 Å². The molecule has 1 aromatic carbocycles. The molecule has 1 heterocycles. The third kappa shape index (κ3) is 3.67. The zero-order valence-electron chi connectivity index (χ0n) is 10.4. The Morgan fingerprint density at radius 3 is 2.47 bits per heavy atom. The van der Waals surface area contributed by atoms with Crippen LogP contribution in [0.4, 0.5) is 0 Å². The fourth-order valence-electron chi connectivity index (χ4n) is 1.60. The second-order valence-electron chi connectivity index (χ2n) is 4.16. The number of amides is 1. The van der Waals surface area contributed by atoms with Gasteiger partial charge in [0.05, 0.1) is 6.20 Å². The van der Waals surface area contributed by atoms with Crippen molar-refractivity contribution < 1.29 is 9.21 Å². The van der Waals surface area contributed by atoms with Crippen LogP contribution in [-0.2, 0) is 0 Å². The molecule has 0 radical (unpaired) electrons. The van der Waals surface area contributed by atoms with Gasteiger partial charge in [0, 0.05) is 14.5 Å². The monoisotopic (exact) mass is 386 g/mol. The highest BCUT2D eigenvalue weighted by Crippen LogP contribution is 2.21. The molecule has 0 fully saturated rings.